The Morgan fingerprint density at radius 2 is 2.15 bits per heavy atom. The highest BCUT2D eigenvalue weighted by atomic mass is 32.1. The van der Waals surface area contributed by atoms with E-state index >= 15 is 0 Å². The minimum atomic E-state index is -0.138. The van der Waals surface area contributed by atoms with Crippen molar-refractivity contribution in [2.24, 2.45) is 0 Å². The highest BCUT2D eigenvalue weighted by Gasteiger charge is 2.09. The zero-order chi connectivity index (χ0) is 9.84. The molecule has 0 radical (unpaired) electrons. The predicted octanol–water partition coefficient (Wildman–Crippen LogP) is 2.92. The van der Waals surface area contributed by atoms with Gasteiger partial charge in [0, 0.05) is 5.56 Å². The van der Waals surface area contributed by atoms with E-state index in [1.807, 2.05) is 31.2 Å². The van der Waals surface area contributed by atoms with Gasteiger partial charge in [0.25, 0.3) is 0 Å². The first-order chi connectivity index (χ1) is 6.16. The zero-order valence-corrected chi connectivity index (χ0v) is 8.90. The summed E-state index contributed by atoms with van der Waals surface area (Å²) < 4.78 is 0.540. The maximum absolute atomic E-state index is 8.78. The first-order valence-electron chi connectivity index (χ1n) is 3.88. The molecule has 1 nitrogen and oxygen atoms in total. The molecule has 0 aromatic heterocycles. The molecule has 0 saturated carbocycles. The van der Waals surface area contributed by atoms with Gasteiger partial charge in [-0.25, -0.2) is 0 Å². The van der Waals surface area contributed by atoms with E-state index in [0.29, 0.717) is 4.20 Å². The molecule has 1 unspecified atom stereocenters. The molecule has 0 aliphatic carbocycles. The topological polar surface area (TPSA) is 23.8 Å². The minimum absolute atomic E-state index is 0.138. The van der Waals surface area contributed by atoms with Gasteiger partial charge in [-0.15, -0.1) is 12.6 Å². The van der Waals surface area contributed by atoms with Crippen LogP contribution in [0.2, 0.25) is 0 Å². The summed E-state index contributed by atoms with van der Waals surface area (Å²) in [6.45, 7) is 1.85. The van der Waals surface area contributed by atoms with E-state index in [4.69, 9.17) is 17.5 Å². The van der Waals surface area contributed by atoms with Gasteiger partial charge in [-0.1, -0.05) is 36.5 Å². The third kappa shape index (κ3) is 2.30. The largest absolute Gasteiger partial charge is 0.198 e. The molecule has 0 bridgehead atoms. The Morgan fingerprint density at radius 1 is 1.54 bits per heavy atom. The van der Waals surface area contributed by atoms with Gasteiger partial charge < -0.3 is 0 Å². The number of benzene rings is 1. The molecule has 0 aliphatic heterocycles. The lowest BCUT2D eigenvalue weighted by Crippen LogP contribution is -1.98. The summed E-state index contributed by atoms with van der Waals surface area (Å²) in [6.07, 6.45) is 0. The van der Waals surface area contributed by atoms with Gasteiger partial charge in [-0.2, -0.15) is 5.26 Å². The molecule has 13 heavy (non-hydrogen) atoms. The number of hydrogen-bond donors (Lipinski definition) is 1. The highest BCUT2D eigenvalue weighted by molar-refractivity contribution is 8.11. The quantitative estimate of drug-likeness (QED) is 0.595. The van der Waals surface area contributed by atoms with Crippen LogP contribution in [0, 0.1) is 11.3 Å². The van der Waals surface area contributed by atoms with Crippen LogP contribution in [0.4, 0.5) is 0 Å². The van der Waals surface area contributed by atoms with Crippen LogP contribution in [0.15, 0.2) is 24.3 Å². The fraction of sp³-hybridized carbons (Fsp3) is 0.200. The van der Waals surface area contributed by atoms with Crippen molar-refractivity contribution in [1.82, 2.24) is 0 Å². The van der Waals surface area contributed by atoms with E-state index in [1.54, 1.807) is 0 Å². The number of thiocarbonyl (C=S) groups is 1. The lowest BCUT2D eigenvalue weighted by molar-refractivity contribution is 0.979. The lowest BCUT2D eigenvalue weighted by atomic mass is 9.98. The van der Waals surface area contributed by atoms with Crippen molar-refractivity contribution in [2.75, 3.05) is 0 Å². The van der Waals surface area contributed by atoms with Gasteiger partial charge in [0.05, 0.1) is 16.2 Å². The maximum atomic E-state index is 8.78. The molecular weight excluding hydrogens is 198 g/mol. The summed E-state index contributed by atoms with van der Waals surface area (Å²) >= 11 is 9.08. The van der Waals surface area contributed by atoms with Gasteiger partial charge in [-0.3, -0.25) is 0 Å². The smallest absolute Gasteiger partial charge is 0.0751 e. The van der Waals surface area contributed by atoms with Crippen LogP contribution >= 0.6 is 24.8 Å². The van der Waals surface area contributed by atoms with Crippen molar-refractivity contribution in [1.29, 1.82) is 5.26 Å². The van der Waals surface area contributed by atoms with Crippen molar-refractivity contribution in [3.8, 4) is 6.07 Å². The molecule has 0 amide bonds. The molecule has 1 aromatic carbocycles. The van der Waals surface area contributed by atoms with E-state index in [1.165, 1.54) is 0 Å². The van der Waals surface area contributed by atoms with Gasteiger partial charge >= 0.3 is 0 Å². The van der Waals surface area contributed by atoms with Crippen LogP contribution in [0.5, 0.6) is 0 Å². The molecule has 1 rings (SSSR count). The fourth-order valence-electron chi connectivity index (χ4n) is 1.14. The van der Waals surface area contributed by atoms with Crippen LogP contribution in [0.25, 0.3) is 0 Å². The van der Waals surface area contributed by atoms with Crippen molar-refractivity contribution in [3.05, 3.63) is 35.4 Å². The van der Waals surface area contributed by atoms with Crippen molar-refractivity contribution >= 4 is 29.0 Å². The second-order valence-electron chi connectivity index (χ2n) is 2.74. The van der Waals surface area contributed by atoms with Crippen molar-refractivity contribution in [3.63, 3.8) is 0 Å². The normalized spacial score (nSPS) is 11.8. The summed E-state index contributed by atoms with van der Waals surface area (Å²) in [7, 11) is 0. The van der Waals surface area contributed by atoms with E-state index < -0.39 is 0 Å². The maximum Gasteiger partial charge on any atom is 0.0751 e. The lowest BCUT2D eigenvalue weighted by Gasteiger charge is -2.08. The van der Waals surface area contributed by atoms with Crippen molar-refractivity contribution in [2.45, 2.75) is 12.8 Å². The molecule has 0 saturated heterocycles. The summed E-state index contributed by atoms with van der Waals surface area (Å²) in [5.74, 6) is -0.138. The minimum Gasteiger partial charge on any atom is -0.198 e. The Morgan fingerprint density at radius 3 is 2.69 bits per heavy atom. The second kappa shape index (κ2) is 4.40. The average molecular weight is 207 g/mol. The number of rotatable bonds is 2. The molecule has 3 heteroatoms. The monoisotopic (exact) mass is 207 g/mol. The van der Waals surface area contributed by atoms with Crippen LogP contribution in [-0.4, -0.2) is 4.20 Å². The number of nitrogens with zero attached hydrogens (tertiary/aromatic N) is 1. The molecule has 0 spiro atoms. The molecular formula is C10H9NS2. The summed E-state index contributed by atoms with van der Waals surface area (Å²) in [4.78, 5) is 0. The zero-order valence-electron chi connectivity index (χ0n) is 7.19. The van der Waals surface area contributed by atoms with Crippen LogP contribution in [0.1, 0.15) is 24.0 Å². The van der Waals surface area contributed by atoms with Gasteiger partial charge in [-0.05, 0) is 12.5 Å². The first kappa shape index (κ1) is 10.2. The Bertz CT molecular complexity index is 365. The summed E-state index contributed by atoms with van der Waals surface area (Å²) in [5.41, 5.74) is 1.83. The number of thiol groups is 1. The van der Waals surface area contributed by atoms with E-state index in [9.17, 15) is 0 Å². The highest BCUT2D eigenvalue weighted by Crippen LogP contribution is 2.20. The molecule has 0 fully saturated rings. The Balaban J connectivity index is 3.21. The van der Waals surface area contributed by atoms with E-state index in [-0.39, 0.29) is 5.92 Å². The fourth-order valence-corrected chi connectivity index (χ4v) is 1.53. The Labute approximate surface area is 88.8 Å². The van der Waals surface area contributed by atoms with Gasteiger partial charge in [0.15, 0.2) is 0 Å². The summed E-state index contributed by atoms with van der Waals surface area (Å²) in [5, 5.41) is 8.78. The van der Waals surface area contributed by atoms with Crippen molar-refractivity contribution < 1.29 is 0 Å². The van der Waals surface area contributed by atoms with Gasteiger partial charge in [0.1, 0.15) is 0 Å². The first-order valence-corrected chi connectivity index (χ1v) is 4.74. The third-order valence-corrected chi connectivity index (χ3v) is 2.31. The summed E-state index contributed by atoms with van der Waals surface area (Å²) in [6, 6.07) is 9.77. The number of nitriles is 1. The van der Waals surface area contributed by atoms with Gasteiger partial charge in [0.2, 0.25) is 0 Å². The van der Waals surface area contributed by atoms with Crippen LogP contribution in [-0.2, 0) is 0 Å². The molecule has 1 aromatic rings. The van der Waals surface area contributed by atoms with Crippen LogP contribution in [0.3, 0.4) is 0 Å². The molecule has 0 N–H and O–H groups in total. The number of hydrogen-bond acceptors (Lipinski definition) is 2. The SMILES string of the molecule is CC(C#N)c1ccccc1C(=S)S. The van der Waals surface area contributed by atoms with E-state index in [2.05, 4.69) is 18.7 Å². The standard InChI is InChI=1S/C10H9NS2/c1-7(6-11)8-4-2-3-5-9(8)10(12)13/h2-5,7H,1H3,(H,12,13). The second-order valence-corrected chi connectivity index (χ2v) is 3.90. The predicted molar refractivity (Wildman–Crippen MR) is 61.2 cm³/mol. The van der Waals surface area contributed by atoms with Crippen LogP contribution < -0.4 is 0 Å². The molecule has 0 aliphatic rings. The average Bonchev–Trinajstić information content (AvgIpc) is 2.16. The van der Waals surface area contributed by atoms with E-state index in [0.717, 1.165) is 11.1 Å². The third-order valence-electron chi connectivity index (χ3n) is 1.85. The molecule has 0 heterocycles. The Kier molecular flexibility index (Phi) is 3.47. The Hall–Kier alpha value is -0.850. The molecule has 66 valence electrons. The molecule has 1 atom stereocenters.